The second-order valence-electron chi connectivity index (χ2n) is 11.1. The average molecular weight is 596 g/mol. The molecule has 4 rings (SSSR count). The lowest BCUT2D eigenvalue weighted by Gasteiger charge is -2.37. The fourth-order valence-electron chi connectivity index (χ4n) is 5.60. The lowest BCUT2D eigenvalue weighted by molar-refractivity contribution is -0.119. The first-order valence-corrected chi connectivity index (χ1v) is 14.9. The van der Waals surface area contributed by atoms with E-state index in [-0.39, 0.29) is 17.7 Å². The Labute approximate surface area is 254 Å². The summed E-state index contributed by atoms with van der Waals surface area (Å²) in [6.45, 7) is 11.3. The number of amides is 2. The van der Waals surface area contributed by atoms with Gasteiger partial charge in [0.25, 0.3) is 5.91 Å². The van der Waals surface area contributed by atoms with E-state index < -0.39 is 0 Å². The molecule has 1 heterocycles. The Bertz CT molecular complexity index is 1350. The number of nitrogens with zero attached hydrogens (tertiary/aromatic N) is 3. The zero-order chi connectivity index (χ0) is 29.5. The maximum absolute atomic E-state index is 13.4. The van der Waals surface area contributed by atoms with Crippen LogP contribution in [0.1, 0.15) is 51.9 Å². The van der Waals surface area contributed by atoms with Gasteiger partial charge in [0.1, 0.15) is 0 Å². The highest BCUT2D eigenvalue weighted by molar-refractivity contribution is 6.42. The molecule has 3 aromatic rings. The maximum Gasteiger partial charge on any atom is 0.253 e. The topological polar surface area (TPSA) is 55.9 Å². The average Bonchev–Trinajstić information content (AvgIpc) is 2.95. The highest BCUT2D eigenvalue weighted by Gasteiger charge is 2.23. The lowest BCUT2D eigenvalue weighted by atomic mass is 9.94. The Morgan fingerprint density at radius 1 is 0.927 bits per heavy atom. The number of carbonyl (C=O) groups excluding carboxylic acids is 2. The third-order valence-corrected chi connectivity index (χ3v) is 8.49. The van der Waals surface area contributed by atoms with Gasteiger partial charge >= 0.3 is 0 Å². The predicted molar refractivity (Wildman–Crippen MR) is 169 cm³/mol. The third kappa shape index (κ3) is 8.48. The molecule has 1 N–H and O–H groups in total. The van der Waals surface area contributed by atoms with E-state index in [1.165, 1.54) is 5.69 Å². The minimum Gasteiger partial charge on any atom is -0.369 e. The van der Waals surface area contributed by atoms with Gasteiger partial charge in [0.15, 0.2) is 0 Å². The van der Waals surface area contributed by atoms with Crippen molar-refractivity contribution in [1.82, 2.24) is 15.1 Å². The van der Waals surface area contributed by atoms with E-state index in [2.05, 4.69) is 39.4 Å². The van der Waals surface area contributed by atoms with Crippen molar-refractivity contribution < 1.29 is 9.59 Å². The number of hydrogen-bond acceptors (Lipinski definition) is 4. The maximum atomic E-state index is 13.4. The highest BCUT2D eigenvalue weighted by Crippen LogP contribution is 2.30. The molecule has 6 nitrogen and oxygen atoms in total. The monoisotopic (exact) mass is 594 g/mol. The van der Waals surface area contributed by atoms with Gasteiger partial charge in [-0.15, -0.1) is 0 Å². The largest absolute Gasteiger partial charge is 0.369 e. The van der Waals surface area contributed by atoms with Crippen LogP contribution in [0.3, 0.4) is 0 Å². The van der Waals surface area contributed by atoms with E-state index in [4.69, 9.17) is 23.2 Å². The molecule has 0 spiro atoms. The molecule has 0 aliphatic carbocycles. The molecule has 1 atom stereocenters. The van der Waals surface area contributed by atoms with E-state index in [0.29, 0.717) is 28.7 Å². The van der Waals surface area contributed by atoms with Crippen molar-refractivity contribution >= 4 is 40.7 Å². The van der Waals surface area contributed by atoms with Gasteiger partial charge in [-0.2, -0.15) is 0 Å². The number of para-hydroxylation sites is 1. The van der Waals surface area contributed by atoms with Crippen LogP contribution in [0, 0.1) is 13.8 Å². The van der Waals surface area contributed by atoms with Gasteiger partial charge in [0.05, 0.1) is 10.0 Å². The number of carbonyl (C=O) groups is 2. The van der Waals surface area contributed by atoms with E-state index in [1.54, 1.807) is 6.92 Å². The Hall–Kier alpha value is -3.06. The number of aryl methyl sites for hydroxylation is 2. The molecular weight excluding hydrogens is 555 g/mol. The quantitative estimate of drug-likeness (QED) is 0.298. The number of halogens is 2. The van der Waals surface area contributed by atoms with Crippen LogP contribution >= 0.6 is 23.2 Å². The Morgan fingerprint density at radius 2 is 1.61 bits per heavy atom. The predicted octanol–water partition coefficient (Wildman–Crippen LogP) is 6.31. The van der Waals surface area contributed by atoms with Gasteiger partial charge < -0.3 is 15.1 Å². The fourth-order valence-corrected chi connectivity index (χ4v) is 5.91. The van der Waals surface area contributed by atoms with Crippen LogP contribution in [0.4, 0.5) is 5.69 Å². The molecule has 1 saturated heterocycles. The summed E-state index contributed by atoms with van der Waals surface area (Å²) in [6, 6.07) is 20.1. The number of benzene rings is 3. The molecule has 41 heavy (non-hydrogen) atoms. The van der Waals surface area contributed by atoms with E-state index in [1.807, 2.05) is 62.2 Å². The molecule has 1 aliphatic rings. The van der Waals surface area contributed by atoms with Crippen molar-refractivity contribution in [1.29, 1.82) is 0 Å². The number of hydrogen-bond donors (Lipinski definition) is 1. The van der Waals surface area contributed by atoms with Crippen LogP contribution in [0.25, 0.3) is 0 Å². The lowest BCUT2D eigenvalue weighted by Crippen LogP contribution is -2.47. The molecule has 1 fully saturated rings. The molecule has 0 bridgehead atoms. The van der Waals surface area contributed by atoms with Gasteiger partial charge in [-0.3, -0.25) is 14.5 Å². The standard InChI is InChI=1S/C33H40Cl2N4O2/c1-23-17-24(2)19-29(18-23)33(41)37(4)22-28(26-9-10-30(34)31(35)20-26)11-12-38-13-15-39(16-14-38)32-8-6-5-7-27(32)21-36-25(3)40/h5-10,17-20,28H,11-16,21-22H2,1-4H3,(H,36,40)/t28-/m1/s1. The van der Waals surface area contributed by atoms with Crippen LogP contribution in [-0.2, 0) is 11.3 Å². The Balaban J connectivity index is 1.41. The summed E-state index contributed by atoms with van der Waals surface area (Å²) in [7, 11) is 1.88. The summed E-state index contributed by atoms with van der Waals surface area (Å²) in [6.07, 6.45) is 0.890. The SMILES string of the molecule is CC(=O)NCc1ccccc1N1CCN(CC[C@H](CN(C)C(=O)c2cc(C)cc(C)c2)c2ccc(Cl)c(Cl)c2)CC1. The van der Waals surface area contributed by atoms with Crippen LogP contribution < -0.4 is 10.2 Å². The number of rotatable bonds is 10. The van der Waals surface area contributed by atoms with Crippen molar-refractivity contribution in [3.63, 3.8) is 0 Å². The van der Waals surface area contributed by atoms with Crippen molar-refractivity contribution in [2.45, 2.75) is 39.7 Å². The Kier molecular flexibility index (Phi) is 10.7. The molecule has 3 aromatic carbocycles. The first kappa shape index (κ1) is 30.9. The van der Waals surface area contributed by atoms with Crippen molar-refractivity contribution in [3.8, 4) is 0 Å². The summed E-state index contributed by atoms with van der Waals surface area (Å²) in [5.41, 5.74) is 6.28. The van der Waals surface area contributed by atoms with Crippen molar-refractivity contribution in [2.24, 2.45) is 0 Å². The molecule has 218 valence electrons. The first-order chi connectivity index (χ1) is 19.6. The van der Waals surface area contributed by atoms with Gasteiger partial charge in [-0.05, 0) is 68.3 Å². The molecule has 0 unspecified atom stereocenters. The number of piperazine rings is 1. The molecule has 2 amide bonds. The van der Waals surface area contributed by atoms with Crippen molar-refractivity contribution in [2.75, 3.05) is 51.2 Å². The van der Waals surface area contributed by atoms with Crippen LogP contribution in [-0.4, -0.2) is 67.9 Å². The van der Waals surface area contributed by atoms with E-state index in [0.717, 1.165) is 61.4 Å². The molecule has 8 heteroatoms. The second-order valence-corrected chi connectivity index (χ2v) is 11.9. The summed E-state index contributed by atoms with van der Waals surface area (Å²) in [5, 5.41) is 3.99. The first-order valence-electron chi connectivity index (χ1n) is 14.2. The van der Waals surface area contributed by atoms with Crippen LogP contribution in [0.5, 0.6) is 0 Å². The summed E-state index contributed by atoms with van der Waals surface area (Å²) in [5.74, 6) is 0.108. The smallest absolute Gasteiger partial charge is 0.253 e. The molecule has 1 aliphatic heterocycles. The zero-order valence-electron chi connectivity index (χ0n) is 24.4. The number of likely N-dealkylation sites (N-methyl/N-ethyl adjacent to an activating group) is 1. The summed E-state index contributed by atoms with van der Waals surface area (Å²) >= 11 is 12.6. The van der Waals surface area contributed by atoms with E-state index >= 15 is 0 Å². The van der Waals surface area contributed by atoms with Crippen molar-refractivity contribution in [3.05, 3.63) is 98.5 Å². The highest BCUT2D eigenvalue weighted by atomic mass is 35.5. The summed E-state index contributed by atoms with van der Waals surface area (Å²) < 4.78 is 0. The van der Waals surface area contributed by atoms with Gasteiger partial charge in [-0.1, -0.05) is 64.7 Å². The third-order valence-electron chi connectivity index (χ3n) is 7.75. The second kappa shape index (κ2) is 14.2. The molecular formula is C33H40Cl2N4O2. The van der Waals surface area contributed by atoms with Gasteiger partial charge in [-0.25, -0.2) is 0 Å². The van der Waals surface area contributed by atoms with Gasteiger partial charge in [0, 0.05) is 70.4 Å². The number of anilines is 1. The summed E-state index contributed by atoms with van der Waals surface area (Å²) in [4.78, 5) is 31.5. The zero-order valence-corrected chi connectivity index (χ0v) is 25.9. The van der Waals surface area contributed by atoms with Crippen LogP contribution in [0.15, 0.2) is 60.7 Å². The van der Waals surface area contributed by atoms with Crippen LogP contribution in [0.2, 0.25) is 10.0 Å². The van der Waals surface area contributed by atoms with E-state index in [9.17, 15) is 9.59 Å². The Morgan fingerprint density at radius 3 is 2.27 bits per heavy atom. The minimum absolute atomic E-state index is 0.0217. The molecule has 0 radical (unpaired) electrons. The molecule has 0 aromatic heterocycles. The minimum atomic E-state index is -0.0255. The van der Waals surface area contributed by atoms with Gasteiger partial charge in [0.2, 0.25) is 5.91 Å². The normalized spacial score (nSPS) is 14.5. The number of nitrogens with one attached hydrogen (secondary N) is 1. The fraction of sp³-hybridized carbons (Fsp3) is 0.394. The molecule has 0 saturated carbocycles.